The van der Waals surface area contributed by atoms with Gasteiger partial charge in [-0.05, 0) is 158 Å². The number of fused-ring (bicyclic) bond motifs is 5. The van der Waals surface area contributed by atoms with Gasteiger partial charge in [0.05, 0.1) is 24.2 Å². The van der Waals surface area contributed by atoms with Gasteiger partial charge < -0.3 is 20.5 Å². The minimum atomic E-state index is -0.404. The summed E-state index contributed by atoms with van der Waals surface area (Å²) in [5.41, 5.74) is 2.88. The fourth-order valence-electron chi connectivity index (χ4n) is 13.9. The van der Waals surface area contributed by atoms with Gasteiger partial charge in [-0.3, -0.25) is 9.59 Å². The Morgan fingerprint density at radius 2 is 1.49 bits per heavy atom. The van der Waals surface area contributed by atoms with Crippen molar-refractivity contribution in [1.29, 1.82) is 0 Å². The molecule has 7 heteroatoms. The lowest BCUT2D eigenvalue weighted by atomic mass is 9.32. The Labute approximate surface area is 330 Å². The Morgan fingerprint density at radius 1 is 0.800 bits per heavy atom. The third-order valence-corrected chi connectivity index (χ3v) is 17.4. The number of methoxy groups -OCH3 is 1. The zero-order valence-electron chi connectivity index (χ0n) is 35.0. The van der Waals surface area contributed by atoms with Crippen molar-refractivity contribution in [3.63, 3.8) is 0 Å². The standard InChI is InChI=1S/C48H68N2O5/c1-9-20-48(26-23-45(6)36(31(48)2)16-17-38-44(5)21-19-39(51)43(3,4)37(44)18-22-46(38,45)7)42(54)49-30-33-13-11-14-34(28-33)40(52)50-47(24-25-47)29-32-12-10-15-35(27-32)41(53)55-8/h10-15,27-28,31,36-39,51H,9,16-26,29-30H2,1-8H3,(H,49,54)(H,50,52)/t31?,36?,37?,38?,39?,44?,45-,46?,48?/m1/s1. The van der Waals surface area contributed by atoms with Crippen molar-refractivity contribution in [3.8, 4) is 0 Å². The van der Waals surface area contributed by atoms with Crippen LogP contribution in [0.3, 0.4) is 0 Å². The molecule has 5 aliphatic carbocycles. The monoisotopic (exact) mass is 753 g/mol. The number of aliphatic hydroxyl groups is 1. The van der Waals surface area contributed by atoms with E-state index in [4.69, 9.17) is 4.74 Å². The fraction of sp³-hybridized carbons (Fsp3) is 0.688. The lowest BCUT2D eigenvalue weighted by Crippen LogP contribution is -2.67. The molecule has 7 rings (SSSR count). The average Bonchev–Trinajstić information content (AvgIpc) is 3.92. The molecule has 2 amide bonds. The molecule has 5 fully saturated rings. The van der Waals surface area contributed by atoms with Crippen LogP contribution in [0.5, 0.6) is 0 Å². The molecular weight excluding hydrogens is 685 g/mol. The number of amides is 2. The van der Waals surface area contributed by atoms with Crippen LogP contribution in [-0.4, -0.2) is 41.6 Å². The quantitative estimate of drug-likeness (QED) is 0.210. The van der Waals surface area contributed by atoms with E-state index in [9.17, 15) is 19.5 Å². The Balaban J connectivity index is 1.03. The van der Waals surface area contributed by atoms with Crippen molar-refractivity contribution >= 4 is 17.8 Å². The highest BCUT2D eigenvalue weighted by molar-refractivity contribution is 5.95. The van der Waals surface area contributed by atoms with Gasteiger partial charge in [0, 0.05) is 17.6 Å². The molecule has 0 radical (unpaired) electrons. The molecule has 2 aromatic carbocycles. The normalized spacial score (nSPS) is 37.0. The van der Waals surface area contributed by atoms with E-state index in [0.717, 1.165) is 62.5 Å². The number of hydrogen-bond acceptors (Lipinski definition) is 5. The van der Waals surface area contributed by atoms with Crippen LogP contribution in [0.2, 0.25) is 0 Å². The second-order valence-corrected chi connectivity index (χ2v) is 20.2. The second kappa shape index (κ2) is 14.3. The largest absolute Gasteiger partial charge is 0.465 e. The van der Waals surface area contributed by atoms with Gasteiger partial charge in [-0.15, -0.1) is 0 Å². The molecule has 7 nitrogen and oxygen atoms in total. The Hall–Kier alpha value is -3.19. The predicted molar refractivity (Wildman–Crippen MR) is 217 cm³/mol. The lowest BCUT2D eigenvalue weighted by Gasteiger charge is -2.72. The molecule has 0 aliphatic heterocycles. The van der Waals surface area contributed by atoms with Crippen molar-refractivity contribution in [2.75, 3.05) is 7.11 Å². The van der Waals surface area contributed by atoms with E-state index in [1.807, 2.05) is 42.5 Å². The maximum Gasteiger partial charge on any atom is 0.337 e. The van der Waals surface area contributed by atoms with E-state index in [0.29, 0.717) is 41.8 Å². The highest BCUT2D eigenvalue weighted by Crippen LogP contribution is 2.75. The highest BCUT2D eigenvalue weighted by Gasteiger charge is 2.69. The number of nitrogens with one attached hydrogen (secondary N) is 2. The first-order valence-corrected chi connectivity index (χ1v) is 21.5. The van der Waals surface area contributed by atoms with Crippen molar-refractivity contribution < 1.29 is 24.2 Å². The third-order valence-electron chi connectivity index (χ3n) is 17.4. The molecule has 8 unspecified atom stereocenters. The summed E-state index contributed by atoms with van der Waals surface area (Å²) in [5.74, 6) is 1.66. The van der Waals surface area contributed by atoms with E-state index in [-0.39, 0.29) is 57.0 Å². The number of aliphatic hydroxyl groups excluding tert-OH is 1. The molecule has 3 N–H and O–H groups in total. The van der Waals surface area contributed by atoms with E-state index in [2.05, 4.69) is 59.1 Å². The van der Waals surface area contributed by atoms with E-state index in [1.54, 1.807) is 6.07 Å². The molecule has 55 heavy (non-hydrogen) atoms. The number of carbonyl (C=O) groups is 3. The summed E-state index contributed by atoms with van der Waals surface area (Å²) in [5, 5.41) is 17.8. The second-order valence-electron chi connectivity index (χ2n) is 20.2. The van der Waals surface area contributed by atoms with Gasteiger partial charge in [0.25, 0.3) is 5.91 Å². The van der Waals surface area contributed by atoms with E-state index < -0.39 is 5.41 Å². The molecule has 9 atom stereocenters. The molecule has 0 saturated heterocycles. The highest BCUT2D eigenvalue weighted by atomic mass is 16.5. The smallest absolute Gasteiger partial charge is 0.337 e. The maximum absolute atomic E-state index is 14.6. The summed E-state index contributed by atoms with van der Waals surface area (Å²) in [6, 6.07) is 15.1. The number of hydrogen-bond donors (Lipinski definition) is 3. The number of rotatable bonds is 10. The zero-order valence-corrected chi connectivity index (χ0v) is 35.0. The van der Waals surface area contributed by atoms with Gasteiger partial charge in [0.2, 0.25) is 5.91 Å². The summed E-state index contributed by atoms with van der Waals surface area (Å²) in [6.07, 6.45) is 12.9. The molecule has 300 valence electrons. The van der Waals surface area contributed by atoms with Crippen LogP contribution in [-0.2, 0) is 22.5 Å². The van der Waals surface area contributed by atoms with Crippen molar-refractivity contribution in [1.82, 2.24) is 10.6 Å². The van der Waals surface area contributed by atoms with Crippen molar-refractivity contribution in [3.05, 3.63) is 70.8 Å². The Morgan fingerprint density at radius 3 is 2.18 bits per heavy atom. The van der Waals surface area contributed by atoms with Crippen LogP contribution >= 0.6 is 0 Å². The topological polar surface area (TPSA) is 105 Å². The van der Waals surface area contributed by atoms with Crippen LogP contribution in [0, 0.1) is 50.7 Å². The number of carbonyl (C=O) groups excluding carboxylic acids is 3. The number of esters is 1. The summed E-state index contributed by atoms with van der Waals surface area (Å²) in [4.78, 5) is 40.3. The molecular formula is C48H68N2O5. The molecule has 5 aliphatic rings. The van der Waals surface area contributed by atoms with E-state index in [1.165, 1.54) is 32.8 Å². The average molecular weight is 753 g/mol. The SMILES string of the molecule is CCCC1(C(=O)NCc2cccc(C(=O)NC3(Cc4cccc(C(=O)OC)c4)CC3)c2)CC[C@]2(C)C(CCC3C4(C)CCC(O)C(C)(C)C4CCC32C)C1C. The molecule has 0 heterocycles. The van der Waals surface area contributed by atoms with Crippen molar-refractivity contribution in [2.45, 2.75) is 150 Å². The summed E-state index contributed by atoms with van der Waals surface area (Å²) < 4.78 is 4.89. The first kappa shape index (κ1) is 40.0. The Bertz CT molecular complexity index is 1800. The fourth-order valence-corrected chi connectivity index (χ4v) is 13.9. The summed E-state index contributed by atoms with van der Waals surface area (Å²) in [7, 11) is 1.38. The van der Waals surface area contributed by atoms with Gasteiger partial charge in [-0.2, -0.15) is 0 Å². The lowest BCUT2D eigenvalue weighted by molar-refractivity contribution is -0.246. The van der Waals surface area contributed by atoms with Gasteiger partial charge >= 0.3 is 5.97 Å². The minimum absolute atomic E-state index is 0.0515. The van der Waals surface area contributed by atoms with Gasteiger partial charge in [-0.25, -0.2) is 4.79 Å². The van der Waals surface area contributed by atoms with Crippen LogP contribution in [0.4, 0.5) is 0 Å². The third kappa shape index (κ3) is 6.56. The number of benzene rings is 2. The van der Waals surface area contributed by atoms with E-state index >= 15 is 0 Å². The molecule has 5 saturated carbocycles. The van der Waals surface area contributed by atoms with Crippen LogP contribution in [0.1, 0.15) is 157 Å². The van der Waals surface area contributed by atoms with Crippen LogP contribution in [0.15, 0.2) is 48.5 Å². The van der Waals surface area contributed by atoms with Crippen molar-refractivity contribution in [2.24, 2.45) is 50.7 Å². The van der Waals surface area contributed by atoms with Crippen LogP contribution in [0.25, 0.3) is 0 Å². The molecule has 0 bridgehead atoms. The maximum atomic E-state index is 14.6. The van der Waals surface area contributed by atoms with Gasteiger partial charge in [0.1, 0.15) is 0 Å². The number of ether oxygens (including phenoxy) is 1. The molecule has 0 aromatic heterocycles. The first-order valence-electron chi connectivity index (χ1n) is 21.5. The summed E-state index contributed by atoms with van der Waals surface area (Å²) >= 11 is 0. The van der Waals surface area contributed by atoms with Crippen LogP contribution < -0.4 is 10.6 Å². The van der Waals surface area contributed by atoms with Gasteiger partial charge in [0.15, 0.2) is 0 Å². The van der Waals surface area contributed by atoms with Gasteiger partial charge in [-0.1, -0.05) is 79.2 Å². The molecule has 2 aromatic rings. The first-order chi connectivity index (χ1) is 26.0. The molecule has 0 spiro atoms. The minimum Gasteiger partial charge on any atom is -0.465 e. The summed E-state index contributed by atoms with van der Waals surface area (Å²) in [6.45, 7) is 17.5. The Kier molecular flexibility index (Phi) is 10.4. The predicted octanol–water partition coefficient (Wildman–Crippen LogP) is 9.45. The zero-order chi connectivity index (χ0) is 39.6.